The third-order valence-electron chi connectivity index (χ3n) is 7.29. The van der Waals surface area contributed by atoms with Crippen LogP contribution in [0.5, 0.6) is 5.75 Å². The molecule has 1 fully saturated rings. The van der Waals surface area contributed by atoms with Crippen molar-refractivity contribution >= 4 is 28.8 Å². The Morgan fingerprint density at radius 3 is 2.59 bits per heavy atom. The summed E-state index contributed by atoms with van der Waals surface area (Å²) in [6, 6.07) is 13.6. The zero-order chi connectivity index (χ0) is 26.2. The zero-order valence-electron chi connectivity index (χ0n) is 22.1. The van der Waals surface area contributed by atoms with Gasteiger partial charge in [-0.3, -0.25) is 4.79 Å². The van der Waals surface area contributed by atoms with Gasteiger partial charge in [0.1, 0.15) is 30.0 Å². The standard InChI is InChI=1S/C30H38N2O5/c1-21-26-20-25(36-19-18-35-3)14-15-27(26)37-29(21)28(22-8-5-4-6-9-22)31-24-12-10-23(11-13-24)30(34)32(2)16-7-17-33/h10-15,17,20,22,28,31H,4-9,16,18-19H2,1-3H3. The van der Waals surface area contributed by atoms with E-state index < -0.39 is 0 Å². The van der Waals surface area contributed by atoms with Gasteiger partial charge in [0.2, 0.25) is 0 Å². The number of nitrogens with one attached hydrogen (secondary N) is 1. The van der Waals surface area contributed by atoms with Gasteiger partial charge in [-0.15, -0.1) is 0 Å². The Balaban J connectivity index is 1.58. The fourth-order valence-corrected chi connectivity index (χ4v) is 5.17. The third-order valence-corrected chi connectivity index (χ3v) is 7.29. The number of benzene rings is 2. The molecule has 2 aromatic carbocycles. The van der Waals surface area contributed by atoms with Crippen molar-refractivity contribution in [2.24, 2.45) is 5.92 Å². The van der Waals surface area contributed by atoms with Crippen LogP contribution in [-0.4, -0.2) is 51.0 Å². The molecule has 1 aromatic heterocycles. The van der Waals surface area contributed by atoms with Gasteiger partial charge in [-0.2, -0.15) is 0 Å². The number of aryl methyl sites for hydroxylation is 1. The number of ether oxygens (including phenoxy) is 2. The molecule has 0 saturated heterocycles. The quantitative estimate of drug-likeness (QED) is 0.234. The number of carbonyl (C=O) groups excluding carboxylic acids is 2. The van der Waals surface area contributed by atoms with E-state index >= 15 is 0 Å². The monoisotopic (exact) mass is 506 g/mol. The maximum Gasteiger partial charge on any atom is 0.253 e. The van der Waals surface area contributed by atoms with Gasteiger partial charge in [0, 0.05) is 49.3 Å². The Morgan fingerprint density at radius 2 is 1.89 bits per heavy atom. The highest BCUT2D eigenvalue weighted by Gasteiger charge is 2.30. The van der Waals surface area contributed by atoms with Crippen LogP contribution >= 0.6 is 0 Å². The van der Waals surface area contributed by atoms with E-state index in [1.54, 1.807) is 19.1 Å². The van der Waals surface area contributed by atoms with Crippen molar-refractivity contribution in [1.29, 1.82) is 0 Å². The summed E-state index contributed by atoms with van der Waals surface area (Å²) in [5.41, 5.74) is 3.53. The van der Waals surface area contributed by atoms with Gasteiger partial charge in [-0.25, -0.2) is 0 Å². The summed E-state index contributed by atoms with van der Waals surface area (Å²) in [4.78, 5) is 24.9. The minimum absolute atomic E-state index is 0.0300. The topological polar surface area (TPSA) is 81.0 Å². The van der Waals surface area contributed by atoms with Crippen LogP contribution in [0.3, 0.4) is 0 Å². The summed E-state index contributed by atoms with van der Waals surface area (Å²) in [5, 5.41) is 4.80. The number of hydrogen-bond acceptors (Lipinski definition) is 6. The maximum absolute atomic E-state index is 12.7. The average molecular weight is 507 g/mol. The third kappa shape index (κ3) is 6.52. The van der Waals surface area contributed by atoms with Gasteiger partial charge in [0.05, 0.1) is 12.6 Å². The van der Waals surface area contributed by atoms with Crippen LogP contribution in [0.25, 0.3) is 11.0 Å². The molecule has 0 radical (unpaired) electrons. The van der Waals surface area contributed by atoms with E-state index in [9.17, 15) is 9.59 Å². The van der Waals surface area contributed by atoms with Crippen molar-refractivity contribution in [2.75, 3.05) is 39.2 Å². The van der Waals surface area contributed by atoms with Crippen LogP contribution < -0.4 is 10.1 Å². The Bertz CT molecular complexity index is 1180. The van der Waals surface area contributed by atoms with E-state index in [0.717, 1.165) is 52.9 Å². The largest absolute Gasteiger partial charge is 0.491 e. The van der Waals surface area contributed by atoms with Gasteiger partial charge in [0.15, 0.2) is 0 Å². The minimum Gasteiger partial charge on any atom is -0.491 e. The fourth-order valence-electron chi connectivity index (χ4n) is 5.17. The summed E-state index contributed by atoms with van der Waals surface area (Å²) in [7, 11) is 3.38. The first kappa shape index (κ1) is 26.7. The van der Waals surface area contributed by atoms with Gasteiger partial charge in [-0.1, -0.05) is 19.3 Å². The first-order chi connectivity index (χ1) is 18.0. The highest BCUT2D eigenvalue weighted by atomic mass is 16.5. The Kier molecular flexibility index (Phi) is 9.23. The van der Waals surface area contributed by atoms with Gasteiger partial charge in [0.25, 0.3) is 5.91 Å². The lowest BCUT2D eigenvalue weighted by atomic mass is 9.82. The summed E-state index contributed by atoms with van der Waals surface area (Å²) in [6.07, 6.45) is 7.19. The molecule has 7 nitrogen and oxygen atoms in total. The number of carbonyl (C=O) groups is 2. The van der Waals surface area contributed by atoms with Crippen LogP contribution in [0.2, 0.25) is 0 Å². The maximum atomic E-state index is 12.7. The summed E-state index contributed by atoms with van der Waals surface area (Å²) < 4.78 is 17.4. The minimum atomic E-state index is -0.0890. The summed E-state index contributed by atoms with van der Waals surface area (Å²) in [5.74, 6) is 2.14. The molecule has 1 atom stereocenters. The molecule has 4 rings (SSSR count). The first-order valence-electron chi connectivity index (χ1n) is 13.2. The zero-order valence-corrected chi connectivity index (χ0v) is 22.1. The van der Waals surface area contributed by atoms with E-state index in [0.29, 0.717) is 37.7 Å². The SMILES string of the molecule is COCCOc1ccc2oc(C(Nc3ccc(C(=O)N(C)CCC=O)cc3)C3CCCCC3)c(C)c2c1. The molecule has 0 bridgehead atoms. The molecule has 1 saturated carbocycles. The van der Waals surface area contributed by atoms with E-state index in [1.165, 1.54) is 19.3 Å². The Hall–Kier alpha value is -3.32. The molecule has 1 N–H and O–H groups in total. The predicted octanol–water partition coefficient (Wildman–Crippen LogP) is 6.16. The van der Waals surface area contributed by atoms with Crippen molar-refractivity contribution in [3.8, 4) is 5.75 Å². The molecule has 198 valence electrons. The number of nitrogens with zero attached hydrogens (tertiary/aromatic N) is 1. The van der Waals surface area contributed by atoms with Gasteiger partial charge in [-0.05, 0) is 68.1 Å². The van der Waals surface area contributed by atoms with Crippen LogP contribution in [-0.2, 0) is 9.53 Å². The van der Waals surface area contributed by atoms with E-state index in [-0.39, 0.29) is 11.9 Å². The normalized spacial score (nSPS) is 14.9. The Morgan fingerprint density at radius 1 is 1.14 bits per heavy atom. The lowest BCUT2D eigenvalue weighted by molar-refractivity contribution is -0.108. The predicted molar refractivity (Wildman–Crippen MR) is 145 cm³/mol. The molecule has 1 unspecified atom stereocenters. The highest BCUT2D eigenvalue weighted by Crippen LogP contribution is 2.41. The molecule has 1 amide bonds. The smallest absolute Gasteiger partial charge is 0.253 e. The molecular weight excluding hydrogens is 468 g/mol. The number of methoxy groups -OCH3 is 1. The summed E-state index contributed by atoms with van der Waals surface area (Å²) >= 11 is 0. The fraction of sp³-hybridized carbons (Fsp3) is 0.467. The number of fused-ring (bicyclic) bond motifs is 1. The number of aldehydes is 1. The van der Waals surface area contributed by atoms with Crippen molar-refractivity contribution in [1.82, 2.24) is 4.90 Å². The van der Waals surface area contributed by atoms with Crippen molar-refractivity contribution in [3.05, 3.63) is 59.4 Å². The highest BCUT2D eigenvalue weighted by molar-refractivity contribution is 5.94. The van der Waals surface area contributed by atoms with Crippen LogP contribution in [0.4, 0.5) is 5.69 Å². The number of furan rings is 1. The number of anilines is 1. The van der Waals surface area contributed by atoms with Crippen molar-refractivity contribution < 1.29 is 23.5 Å². The van der Waals surface area contributed by atoms with Crippen LogP contribution in [0.15, 0.2) is 46.9 Å². The lowest BCUT2D eigenvalue weighted by Gasteiger charge is -2.31. The van der Waals surface area contributed by atoms with Gasteiger partial charge < -0.3 is 28.9 Å². The lowest BCUT2D eigenvalue weighted by Crippen LogP contribution is -2.28. The molecule has 7 heteroatoms. The van der Waals surface area contributed by atoms with Crippen LogP contribution in [0, 0.1) is 12.8 Å². The van der Waals surface area contributed by atoms with E-state index in [4.69, 9.17) is 13.9 Å². The molecule has 3 aromatic rings. The molecule has 1 aliphatic carbocycles. The number of amides is 1. The Labute approximate surface area is 219 Å². The van der Waals surface area contributed by atoms with E-state index in [1.807, 2.05) is 42.5 Å². The molecule has 0 spiro atoms. The average Bonchev–Trinajstić information content (AvgIpc) is 3.26. The van der Waals surface area contributed by atoms with E-state index in [2.05, 4.69) is 12.2 Å². The van der Waals surface area contributed by atoms with Gasteiger partial charge >= 0.3 is 0 Å². The molecule has 37 heavy (non-hydrogen) atoms. The molecule has 1 aliphatic rings. The number of rotatable bonds is 12. The second-order valence-electron chi connectivity index (χ2n) is 9.87. The van der Waals surface area contributed by atoms with Crippen LogP contribution in [0.1, 0.15) is 66.2 Å². The van der Waals surface area contributed by atoms with Crippen molar-refractivity contribution in [3.63, 3.8) is 0 Å². The molecule has 0 aliphatic heterocycles. The summed E-state index contributed by atoms with van der Waals surface area (Å²) in [6.45, 7) is 3.58. The molecule has 1 heterocycles. The second-order valence-corrected chi connectivity index (χ2v) is 9.87. The number of hydrogen-bond donors (Lipinski definition) is 1. The first-order valence-corrected chi connectivity index (χ1v) is 13.2. The van der Waals surface area contributed by atoms with Crippen molar-refractivity contribution in [2.45, 2.75) is 51.5 Å². The second kappa shape index (κ2) is 12.8. The molecular formula is C30H38N2O5.